The van der Waals surface area contributed by atoms with Crippen LogP contribution in [0.15, 0.2) is 42.6 Å². The van der Waals surface area contributed by atoms with Gasteiger partial charge >= 0.3 is 6.09 Å². The maximum atomic E-state index is 12.9. The molecule has 23 heavy (non-hydrogen) atoms. The van der Waals surface area contributed by atoms with Crippen molar-refractivity contribution in [2.24, 2.45) is 0 Å². The molecule has 1 amide bonds. The van der Waals surface area contributed by atoms with E-state index in [0.29, 0.717) is 24.8 Å². The molecule has 2 heterocycles. The summed E-state index contributed by atoms with van der Waals surface area (Å²) >= 11 is 0. The van der Waals surface area contributed by atoms with E-state index in [1.165, 1.54) is 22.7 Å². The first-order valence-electron chi connectivity index (χ1n) is 7.58. The van der Waals surface area contributed by atoms with Crippen molar-refractivity contribution in [1.29, 1.82) is 0 Å². The lowest BCUT2D eigenvalue weighted by molar-refractivity contribution is 0.132. The second-order valence-corrected chi connectivity index (χ2v) is 5.66. The summed E-state index contributed by atoms with van der Waals surface area (Å²) in [6.45, 7) is 1.13. The molecule has 1 fully saturated rings. The second-order valence-electron chi connectivity index (χ2n) is 5.66. The summed E-state index contributed by atoms with van der Waals surface area (Å²) in [5, 5.41) is 12.2. The van der Waals surface area contributed by atoms with Crippen LogP contribution in [-0.4, -0.2) is 34.2 Å². The average molecular weight is 315 g/mol. The number of carbonyl (C=O) groups is 1. The van der Waals surface area contributed by atoms with Gasteiger partial charge in [-0.2, -0.15) is 0 Å². The first kappa shape index (κ1) is 15.3. The Bertz CT molecular complexity index is 682. The highest BCUT2D eigenvalue weighted by Crippen LogP contribution is 2.30. The van der Waals surface area contributed by atoms with Gasteiger partial charge in [0.1, 0.15) is 11.6 Å². The number of hydrogen-bond donors (Lipinski definition) is 2. The molecule has 6 heteroatoms. The molecule has 0 saturated carbocycles. The highest BCUT2D eigenvalue weighted by Gasteiger charge is 2.23. The van der Waals surface area contributed by atoms with Gasteiger partial charge in [0.25, 0.3) is 0 Å². The largest absolute Gasteiger partial charge is 0.465 e. The fourth-order valence-electron chi connectivity index (χ4n) is 2.87. The predicted octanol–water partition coefficient (Wildman–Crippen LogP) is 3.82. The number of nitrogens with one attached hydrogen (secondary N) is 1. The molecule has 1 aliphatic heterocycles. The highest BCUT2D eigenvalue weighted by atomic mass is 19.1. The van der Waals surface area contributed by atoms with Crippen molar-refractivity contribution in [3.05, 3.63) is 54.0 Å². The lowest BCUT2D eigenvalue weighted by atomic mass is 9.89. The van der Waals surface area contributed by atoms with Crippen molar-refractivity contribution in [2.45, 2.75) is 18.8 Å². The summed E-state index contributed by atoms with van der Waals surface area (Å²) < 4.78 is 12.9. The number of carboxylic acid groups (broad SMARTS) is 1. The van der Waals surface area contributed by atoms with Crippen molar-refractivity contribution in [3.63, 3.8) is 0 Å². The number of anilines is 2. The van der Waals surface area contributed by atoms with Gasteiger partial charge in [-0.1, -0.05) is 12.1 Å². The van der Waals surface area contributed by atoms with Crippen LogP contribution in [-0.2, 0) is 0 Å². The number of nitrogens with zero attached hydrogens (tertiary/aromatic N) is 2. The fraction of sp³-hybridized carbons (Fsp3) is 0.294. The second kappa shape index (κ2) is 6.64. The summed E-state index contributed by atoms with van der Waals surface area (Å²) in [5.41, 5.74) is 2.07. The van der Waals surface area contributed by atoms with Crippen LogP contribution in [0.2, 0.25) is 0 Å². The zero-order valence-corrected chi connectivity index (χ0v) is 12.6. The average Bonchev–Trinajstić information content (AvgIpc) is 2.57. The summed E-state index contributed by atoms with van der Waals surface area (Å²) in [5.74, 6) is 0.576. The molecular formula is C17H18FN3O2. The lowest BCUT2D eigenvalue weighted by Crippen LogP contribution is -2.36. The van der Waals surface area contributed by atoms with Gasteiger partial charge in [-0.15, -0.1) is 0 Å². The van der Waals surface area contributed by atoms with Crippen molar-refractivity contribution < 1.29 is 14.3 Å². The third kappa shape index (κ3) is 3.77. The molecule has 1 aliphatic rings. The minimum Gasteiger partial charge on any atom is -0.465 e. The third-order valence-electron chi connectivity index (χ3n) is 4.12. The number of aromatic nitrogens is 1. The Labute approximate surface area is 133 Å². The zero-order chi connectivity index (χ0) is 16.2. The van der Waals surface area contributed by atoms with Crippen LogP contribution in [0.3, 0.4) is 0 Å². The number of pyridine rings is 1. The molecule has 0 aliphatic carbocycles. The van der Waals surface area contributed by atoms with Crippen molar-refractivity contribution in [1.82, 2.24) is 9.88 Å². The van der Waals surface area contributed by atoms with Gasteiger partial charge in [-0.05, 0) is 48.6 Å². The summed E-state index contributed by atoms with van der Waals surface area (Å²) in [4.78, 5) is 16.4. The summed E-state index contributed by atoms with van der Waals surface area (Å²) in [6.07, 6.45) is 1.98. The SMILES string of the molecule is O=C(O)N1CCC(c2cccc(Nc3ccc(F)cn3)c2)CC1. The molecule has 1 saturated heterocycles. The normalized spacial score (nSPS) is 15.4. The Morgan fingerprint density at radius 3 is 2.70 bits per heavy atom. The van der Waals surface area contributed by atoms with Gasteiger partial charge in [0, 0.05) is 18.8 Å². The van der Waals surface area contributed by atoms with E-state index in [2.05, 4.69) is 16.4 Å². The summed E-state index contributed by atoms with van der Waals surface area (Å²) in [6, 6.07) is 11.0. The monoisotopic (exact) mass is 315 g/mol. The van der Waals surface area contributed by atoms with E-state index in [1.807, 2.05) is 18.2 Å². The Morgan fingerprint density at radius 1 is 1.26 bits per heavy atom. The number of benzene rings is 1. The van der Waals surface area contributed by atoms with Crippen molar-refractivity contribution in [2.75, 3.05) is 18.4 Å². The molecule has 0 unspecified atom stereocenters. The number of piperidine rings is 1. The number of hydrogen-bond acceptors (Lipinski definition) is 3. The molecule has 5 nitrogen and oxygen atoms in total. The Morgan fingerprint density at radius 2 is 2.04 bits per heavy atom. The van der Waals surface area contributed by atoms with Gasteiger partial charge in [0.2, 0.25) is 0 Å². The minimum atomic E-state index is -0.846. The van der Waals surface area contributed by atoms with Crippen LogP contribution in [0.25, 0.3) is 0 Å². The van der Waals surface area contributed by atoms with Crippen LogP contribution in [0.5, 0.6) is 0 Å². The molecule has 1 aromatic heterocycles. The molecule has 2 aromatic rings. The topological polar surface area (TPSA) is 65.5 Å². The molecule has 0 atom stereocenters. The fourth-order valence-corrected chi connectivity index (χ4v) is 2.87. The molecular weight excluding hydrogens is 297 g/mol. The number of rotatable bonds is 3. The van der Waals surface area contributed by atoms with E-state index in [9.17, 15) is 9.18 Å². The van der Waals surface area contributed by atoms with Gasteiger partial charge in [-0.25, -0.2) is 14.2 Å². The van der Waals surface area contributed by atoms with Gasteiger partial charge in [0.15, 0.2) is 0 Å². The van der Waals surface area contributed by atoms with E-state index in [0.717, 1.165) is 18.5 Å². The van der Waals surface area contributed by atoms with Crippen LogP contribution < -0.4 is 5.32 Å². The molecule has 3 rings (SSSR count). The molecule has 1 aromatic carbocycles. The summed E-state index contributed by atoms with van der Waals surface area (Å²) in [7, 11) is 0. The smallest absolute Gasteiger partial charge is 0.407 e. The molecule has 2 N–H and O–H groups in total. The first-order valence-corrected chi connectivity index (χ1v) is 7.58. The van der Waals surface area contributed by atoms with E-state index in [1.54, 1.807) is 6.07 Å². The van der Waals surface area contributed by atoms with E-state index in [-0.39, 0.29) is 5.82 Å². The first-order chi connectivity index (χ1) is 11.1. The van der Waals surface area contributed by atoms with Crippen LogP contribution in [0, 0.1) is 5.82 Å². The quantitative estimate of drug-likeness (QED) is 0.903. The molecule has 0 spiro atoms. The molecule has 0 bridgehead atoms. The van der Waals surface area contributed by atoms with Gasteiger partial charge in [0.05, 0.1) is 6.20 Å². The minimum absolute atomic E-state index is 0.355. The molecule has 120 valence electrons. The van der Waals surface area contributed by atoms with Crippen LogP contribution >= 0.6 is 0 Å². The van der Waals surface area contributed by atoms with E-state index < -0.39 is 6.09 Å². The Balaban J connectivity index is 1.68. The highest BCUT2D eigenvalue weighted by molar-refractivity contribution is 5.65. The number of halogens is 1. The van der Waals surface area contributed by atoms with Crippen molar-refractivity contribution >= 4 is 17.6 Å². The third-order valence-corrected chi connectivity index (χ3v) is 4.12. The van der Waals surface area contributed by atoms with E-state index in [4.69, 9.17) is 5.11 Å². The number of amides is 1. The van der Waals surface area contributed by atoms with E-state index >= 15 is 0 Å². The zero-order valence-electron chi connectivity index (χ0n) is 12.6. The maximum Gasteiger partial charge on any atom is 0.407 e. The van der Waals surface area contributed by atoms with Crippen LogP contribution in [0.4, 0.5) is 20.7 Å². The maximum absolute atomic E-state index is 12.9. The van der Waals surface area contributed by atoms with Crippen molar-refractivity contribution in [3.8, 4) is 0 Å². The molecule has 0 radical (unpaired) electrons. The Hall–Kier alpha value is -2.63. The van der Waals surface area contributed by atoms with Crippen LogP contribution in [0.1, 0.15) is 24.3 Å². The Kier molecular flexibility index (Phi) is 4.41. The lowest BCUT2D eigenvalue weighted by Gasteiger charge is -2.30. The standard InChI is InChI=1S/C17H18FN3O2/c18-14-4-5-16(19-11-14)20-15-3-1-2-13(10-15)12-6-8-21(9-7-12)17(22)23/h1-5,10-12H,6-9H2,(H,19,20)(H,22,23). The number of likely N-dealkylation sites (tertiary alicyclic amines) is 1. The predicted molar refractivity (Wildman–Crippen MR) is 85.5 cm³/mol. The van der Waals surface area contributed by atoms with Gasteiger partial charge < -0.3 is 15.3 Å². The van der Waals surface area contributed by atoms with Gasteiger partial charge in [-0.3, -0.25) is 0 Å².